The maximum atomic E-state index is 11.6. The average molecular weight is 330 g/mol. The van der Waals surface area contributed by atoms with E-state index in [1.807, 2.05) is 4.72 Å². The van der Waals surface area contributed by atoms with E-state index in [-0.39, 0.29) is 4.21 Å². The third kappa shape index (κ3) is 3.25. The van der Waals surface area contributed by atoms with Crippen molar-refractivity contribution in [3.8, 4) is 0 Å². The summed E-state index contributed by atoms with van der Waals surface area (Å²) in [7, 11) is -3.78. The monoisotopic (exact) mass is 329 g/mol. The molecule has 0 aliphatic carbocycles. The van der Waals surface area contributed by atoms with Gasteiger partial charge in [0.15, 0.2) is 6.10 Å². The molecule has 6 nitrogen and oxygen atoms in total. The Balaban J connectivity index is 2.75. The first-order chi connectivity index (χ1) is 7.34. The third-order valence-corrected chi connectivity index (χ3v) is 5.67. The van der Waals surface area contributed by atoms with Gasteiger partial charge in [-0.15, -0.1) is 11.3 Å². The first-order valence-corrected chi connectivity index (χ1v) is 7.13. The largest absolute Gasteiger partial charge is 0.479 e. The molecule has 16 heavy (non-hydrogen) atoms. The van der Waals surface area contributed by atoms with Crippen molar-refractivity contribution in [3.63, 3.8) is 0 Å². The molecule has 0 fully saturated rings. The highest BCUT2D eigenvalue weighted by molar-refractivity contribution is 9.10. The Hall–Kier alpha value is -0.480. The van der Waals surface area contributed by atoms with Gasteiger partial charge in [-0.1, -0.05) is 0 Å². The molecule has 0 spiro atoms. The zero-order chi connectivity index (χ0) is 12.3. The smallest absolute Gasteiger partial charge is 0.333 e. The Bertz CT molecular complexity index is 483. The Morgan fingerprint density at radius 3 is 2.69 bits per heavy atom. The van der Waals surface area contributed by atoms with Crippen LogP contribution in [0.3, 0.4) is 0 Å². The van der Waals surface area contributed by atoms with Crippen LogP contribution in [0.15, 0.2) is 20.1 Å². The van der Waals surface area contributed by atoms with Crippen LogP contribution in [0.5, 0.6) is 0 Å². The minimum atomic E-state index is -3.78. The van der Waals surface area contributed by atoms with E-state index in [0.29, 0.717) is 4.47 Å². The normalized spacial score (nSPS) is 13.6. The van der Waals surface area contributed by atoms with Crippen molar-refractivity contribution in [2.45, 2.75) is 10.3 Å². The first kappa shape index (κ1) is 13.6. The number of rotatable bonds is 5. The highest BCUT2D eigenvalue weighted by atomic mass is 79.9. The first-order valence-electron chi connectivity index (χ1n) is 3.98. The number of nitrogens with one attached hydrogen (secondary N) is 1. The van der Waals surface area contributed by atoms with Crippen molar-refractivity contribution < 1.29 is 23.4 Å². The van der Waals surface area contributed by atoms with Crippen LogP contribution < -0.4 is 4.72 Å². The molecule has 1 aromatic rings. The molecule has 1 heterocycles. The summed E-state index contributed by atoms with van der Waals surface area (Å²) in [4.78, 5) is 10.3. The second-order valence-corrected chi connectivity index (χ2v) is 6.49. The molecule has 0 aliphatic heterocycles. The minimum Gasteiger partial charge on any atom is -0.479 e. The van der Waals surface area contributed by atoms with Crippen LogP contribution in [0, 0.1) is 0 Å². The van der Waals surface area contributed by atoms with E-state index in [9.17, 15) is 13.2 Å². The van der Waals surface area contributed by atoms with Gasteiger partial charge in [-0.2, -0.15) is 0 Å². The molecule has 0 saturated heterocycles. The lowest BCUT2D eigenvalue weighted by Crippen LogP contribution is -2.36. The lowest BCUT2D eigenvalue weighted by atomic mass is 10.4. The molecular weight excluding hydrogens is 322 g/mol. The van der Waals surface area contributed by atoms with E-state index < -0.39 is 28.6 Å². The highest BCUT2D eigenvalue weighted by Crippen LogP contribution is 2.27. The number of thiophene rings is 1. The fourth-order valence-electron chi connectivity index (χ4n) is 0.813. The van der Waals surface area contributed by atoms with Crippen molar-refractivity contribution in [2.24, 2.45) is 0 Å². The fraction of sp³-hybridized carbons (Fsp3) is 0.286. The van der Waals surface area contributed by atoms with Gasteiger partial charge in [0, 0.05) is 11.0 Å². The molecule has 1 rings (SSSR count). The number of aliphatic hydroxyl groups is 1. The molecule has 0 bridgehead atoms. The lowest BCUT2D eigenvalue weighted by Gasteiger charge is -2.07. The summed E-state index contributed by atoms with van der Waals surface area (Å²) >= 11 is 4.04. The SMILES string of the molecule is O=C(O)C(O)CNS(=O)(=O)c1sccc1Br. The Morgan fingerprint density at radius 1 is 1.62 bits per heavy atom. The number of halogens is 1. The highest BCUT2D eigenvalue weighted by Gasteiger charge is 2.22. The molecular formula is C7H8BrNO5S2. The Kier molecular flexibility index (Phi) is 4.44. The fourth-order valence-corrected chi connectivity index (χ4v) is 4.23. The van der Waals surface area contributed by atoms with Gasteiger partial charge in [0.1, 0.15) is 4.21 Å². The maximum absolute atomic E-state index is 11.6. The number of aliphatic hydroxyl groups excluding tert-OH is 1. The van der Waals surface area contributed by atoms with Gasteiger partial charge >= 0.3 is 5.97 Å². The predicted molar refractivity (Wildman–Crippen MR) is 60.9 cm³/mol. The molecule has 0 saturated carbocycles. The second-order valence-electron chi connectivity index (χ2n) is 2.76. The van der Waals surface area contributed by atoms with Crippen molar-refractivity contribution in [1.29, 1.82) is 0 Å². The predicted octanol–water partition coefficient (Wildman–Crippen LogP) is 0.234. The number of sulfonamides is 1. The van der Waals surface area contributed by atoms with Gasteiger partial charge in [0.05, 0.1) is 0 Å². The molecule has 90 valence electrons. The quantitative estimate of drug-likeness (QED) is 0.717. The zero-order valence-electron chi connectivity index (χ0n) is 7.75. The van der Waals surface area contributed by atoms with E-state index in [0.717, 1.165) is 11.3 Å². The number of aliphatic carboxylic acids is 1. The van der Waals surface area contributed by atoms with Crippen LogP contribution >= 0.6 is 27.3 Å². The van der Waals surface area contributed by atoms with Crippen LogP contribution in [-0.4, -0.2) is 37.2 Å². The van der Waals surface area contributed by atoms with Crippen LogP contribution in [0.1, 0.15) is 0 Å². The van der Waals surface area contributed by atoms with Crippen molar-refractivity contribution >= 4 is 43.3 Å². The maximum Gasteiger partial charge on any atom is 0.333 e. The summed E-state index contributed by atoms with van der Waals surface area (Å²) in [5.41, 5.74) is 0. The molecule has 0 aromatic carbocycles. The lowest BCUT2D eigenvalue weighted by molar-refractivity contribution is -0.146. The van der Waals surface area contributed by atoms with Gasteiger partial charge in [0.2, 0.25) is 0 Å². The minimum absolute atomic E-state index is 0.0464. The number of carbonyl (C=O) groups is 1. The van der Waals surface area contributed by atoms with Gasteiger partial charge in [-0.3, -0.25) is 0 Å². The molecule has 1 aromatic heterocycles. The molecule has 3 N–H and O–H groups in total. The van der Waals surface area contributed by atoms with Gasteiger partial charge in [-0.25, -0.2) is 17.9 Å². The molecule has 1 unspecified atom stereocenters. The second kappa shape index (κ2) is 5.23. The van der Waals surface area contributed by atoms with Gasteiger partial charge in [-0.05, 0) is 27.4 Å². The number of carboxylic acids is 1. The summed E-state index contributed by atoms with van der Waals surface area (Å²) < 4.78 is 25.7. The summed E-state index contributed by atoms with van der Waals surface area (Å²) in [6.07, 6.45) is -1.76. The molecule has 0 radical (unpaired) electrons. The van der Waals surface area contributed by atoms with Crippen LogP contribution in [-0.2, 0) is 14.8 Å². The third-order valence-electron chi connectivity index (χ3n) is 1.58. The van der Waals surface area contributed by atoms with Gasteiger partial charge < -0.3 is 10.2 Å². The van der Waals surface area contributed by atoms with Crippen LogP contribution in [0.4, 0.5) is 0 Å². The number of carboxylic acid groups (broad SMARTS) is 1. The van der Waals surface area contributed by atoms with Crippen molar-refractivity contribution in [2.75, 3.05) is 6.54 Å². The van der Waals surface area contributed by atoms with Crippen LogP contribution in [0.2, 0.25) is 0 Å². The zero-order valence-corrected chi connectivity index (χ0v) is 11.0. The van der Waals surface area contributed by atoms with Crippen molar-refractivity contribution in [3.05, 3.63) is 15.9 Å². The Morgan fingerprint density at radius 2 is 2.25 bits per heavy atom. The molecule has 0 amide bonds. The molecule has 9 heteroatoms. The van der Waals surface area contributed by atoms with E-state index in [1.54, 1.807) is 11.4 Å². The number of hydrogen-bond acceptors (Lipinski definition) is 5. The molecule has 0 aliphatic rings. The van der Waals surface area contributed by atoms with E-state index in [2.05, 4.69) is 15.9 Å². The van der Waals surface area contributed by atoms with Crippen LogP contribution in [0.25, 0.3) is 0 Å². The van der Waals surface area contributed by atoms with E-state index in [4.69, 9.17) is 10.2 Å². The van der Waals surface area contributed by atoms with Crippen molar-refractivity contribution in [1.82, 2.24) is 4.72 Å². The summed E-state index contributed by atoms with van der Waals surface area (Å²) in [5, 5.41) is 18.9. The molecule has 1 atom stereocenters. The average Bonchev–Trinajstić information content (AvgIpc) is 2.61. The summed E-state index contributed by atoms with van der Waals surface area (Å²) in [6.45, 7) is -0.567. The van der Waals surface area contributed by atoms with E-state index >= 15 is 0 Å². The summed E-state index contributed by atoms with van der Waals surface area (Å²) in [6, 6.07) is 1.56. The Labute approximate surface area is 104 Å². The topological polar surface area (TPSA) is 104 Å². The van der Waals surface area contributed by atoms with E-state index in [1.165, 1.54) is 0 Å². The standard InChI is InChI=1S/C7H8BrNO5S2/c8-4-1-2-15-7(4)16(13,14)9-3-5(10)6(11)12/h1-2,5,9-10H,3H2,(H,11,12). The summed E-state index contributed by atoms with van der Waals surface area (Å²) in [5.74, 6) is -1.48. The van der Waals surface area contributed by atoms with Gasteiger partial charge in [0.25, 0.3) is 10.0 Å². The number of hydrogen-bond donors (Lipinski definition) is 3.